The maximum atomic E-state index is 13.3. The molecule has 21 heteroatoms. The molecule has 2 aromatic rings. The van der Waals surface area contributed by atoms with E-state index in [4.69, 9.17) is 21.7 Å². The number of hydrogen-bond donors (Lipinski definition) is 8. The predicted octanol–water partition coefficient (Wildman–Crippen LogP) is -2.20. The lowest BCUT2D eigenvalue weighted by atomic mass is 9.95. The molecule has 0 spiro atoms. The lowest BCUT2D eigenvalue weighted by Crippen LogP contribution is -2.67. The van der Waals surface area contributed by atoms with Crippen LogP contribution >= 0.6 is 11.3 Å². The first-order chi connectivity index (χ1) is 19.8. The fourth-order valence-electron chi connectivity index (χ4n) is 3.93. The fraction of sp³-hybridized carbons (Fsp3) is 0.476. The van der Waals surface area contributed by atoms with E-state index in [9.17, 15) is 27.7 Å². The zero-order chi connectivity index (χ0) is 30.7. The summed E-state index contributed by atoms with van der Waals surface area (Å²) in [6, 6.07) is -2.14. The number of guanidine groups is 1. The van der Waals surface area contributed by atoms with Gasteiger partial charge in [0, 0.05) is 30.5 Å². The predicted molar refractivity (Wildman–Crippen MR) is 148 cm³/mol. The average molecular weight is 627 g/mol. The quantitative estimate of drug-likeness (QED) is 0.0363. The van der Waals surface area contributed by atoms with Crippen molar-refractivity contribution in [3.63, 3.8) is 0 Å². The summed E-state index contributed by atoms with van der Waals surface area (Å²) in [6.07, 6.45) is 2.50. The smallest absolute Gasteiger partial charge is 0.360 e. The molecule has 2 atom stereocenters. The minimum atomic E-state index is -4.77. The second-order valence-corrected chi connectivity index (χ2v) is 11.6. The molecule has 2 unspecified atom stereocenters. The van der Waals surface area contributed by atoms with Gasteiger partial charge in [-0.15, -0.1) is 11.3 Å². The van der Waals surface area contributed by atoms with Gasteiger partial charge >= 0.3 is 16.3 Å². The Morgan fingerprint density at radius 3 is 2.69 bits per heavy atom. The monoisotopic (exact) mass is 626 g/mol. The van der Waals surface area contributed by atoms with Crippen LogP contribution in [0, 0.1) is 5.41 Å². The summed E-state index contributed by atoms with van der Waals surface area (Å²) in [4.78, 5) is 35.2. The van der Waals surface area contributed by atoms with Gasteiger partial charge in [-0.1, -0.05) is 11.7 Å². The third-order valence-corrected chi connectivity index (χ3v) is 7.99. The van der Waals surface area contributed by atoms with Crippen molar-refractivity contribution >= 4 is 50.3 Å². The van der Waals surface area contributed by atoms with E-state index in [1.807, 2.05) is 0 Å². The first-order valence-electron chi connectivity index (χ1n) is 12.5. The minimum Gasteiger partial charge on any atom is -0.478 e. The van der Waals surface area contributed by atoms with Crippen molar-refractivity contribution in [1.82, 2.24) is 40.2 Å². The number of nitrogen functional groups attached to an aromatic ring is 1. The Hall–Kier alpha value is -4.34. The van der Waals surface area contributed by atoms with Gasteiger partial charge in [0.1, 0.15) is 11.4 Å². The summed E-state index contributed by atoms with van der Waals surface area (Å²) in [5, 5.41) is 39.1. The molecule has 19 nitrogen and oxygen atoms in total. The van der Waals surface area contributed by atoms with Crippen LogP contribution in [0.2, 0.25) is 0 Å². The van der Waals surface area contributed by atoms with Gasteiger partial charge in [-0.25, -0.2) is 14.1 Å². The molecule has 1 aliphatic carbocycles. The molecular weight excluding hydrogens is 596 g/mol. The number of rotatable bonds is 14. The molecule has 0 aromatic carbocycles. The SMILES string of the molecule is C=C1C(NC(=O)/C(=N\OC2(C(=O)O)CC2)c2csc(N)n2)C(Cn2ncc(CNC(=N)NCCCN)n2)N1S(=O)(=O)O. The van der Waals surface area contributed by atoms with Gasteiger partial charge in [0.05, 0.1) is 31.4 Å². The second kappa shape index (κ2) is 12.3. The van der Waals surface area contributed by atoms with Crippen LogP contribution in [-0.4, -0.2) is 96.7 Å². The number of thiazole rings is 1. The molecule has 228 valence electrons. The zero-order valence-corrected chi connectivity index (χ0v) is 23.7. The van der Waals surface area contributed by atoms with Gasteiger partial charge < -0.3 is 37.4 Å². The number of anilines is 1. The largest absolute Gasteiger partial charge is 0.478 e. The number of oxime groups is 1. The number of carbonyl (C=O) groups excluding carboxylic acids is 1. The van der Waals surface area contributed by atoms with Crippen LogP contribution in [0.1, 0.15) is 30.7 Å². The van der Waals surface area contributed by atoms with Crippen LogP contribution in [-0.2, 0) is 37.8 Å². The van der Waals surface area contributed by atoms with Crippen LogP contribution < -0.4 is 27.4 Å². The molecule has 1 saturated heterocycles. The van der Waals surface area contributed by atoms with Crippen molar-refractivity contribution in [3.8, 4) is 0 Å². The van der Waals surface area contributed by atoms with Crippen molar-refractivity contribution in [2.45, 2.75) is 50.0 Å². The van der Waals surface area contributed by atoms with Gasteiger partial charge in [0.25, 0.3) is 5.91 Å². The molecule has 2 aromatic heterocycles. The van der Waals surface area contributed by atoms with E-state index in [1.165, 1.54) is 16.4 Å². The topological polar surface area (TPSA) is 289 Å². The maximum absolute atomic E-state index is 13.3. The highest BCUT2D eigenvalue weighted by molar-refractivity contribution is 7.83. The lowest BCUT2D eigenvalue weighted by Gasteiger charge is -2.48. The summed E-state index contributed by atoms with van der Waals surface area (Å²) in [6.45, 7) is 4.61. The molecule has 1 amide bonds. The Balaban J connectivity index is 1.47. The number of carbonyl (C=O) groups is 2. The van der Waals surface area contributed by atoms with Gasteiger partial charge in [0.15, 0.2) is 16.8 Å². The number of amides is 1. The molecule has 10 N–H and O–H groups in total. The number of carboxylic acids is 1. The van der Waals surface area contributed by atoms with E-state index in [0.717, 1.165) is 11.3 Å². The van der Waals surface area contributed by atoms with E-state index < -0.39 is 39.9 Å². The molecule has 0 radical (unpaired) electrons. The number of aromatic nitrogens is 4. The molecule has 42 heavy (non-hydrogen) atoms. The Bertz CT molecular complexity index is 1500. The van der Waals surface area contributed by atoms with Gasteiger partial charge in [0.2, 0.25) is 5.60 Å². The van der Waals surface area contributed by atoms with Crippen LogP contribution in [0.3, 0.4) is 0 Å². The van der Waals surface area contributed by atoms with Gasteiger partial charge in [-0.3, -0.25) is 14.8 Å². The fourth-order valence-corrected chi connectivity index (χ4v) is 5.42. The standard InChI is InChI=1S/C21H30N12O7S2/c1-11-15(29-17(34)16(13-10-41-20(24)28-13)31-40-21(3-4-21)18(35)36)14(33(11)42(37,38)39)9-32-27-8-12(30-32)7-26-19(23)25-6-2-5-22/h8,10,14-15H,1-7,9,22H2,(H2,24,28)(H,29,34)(H,35,36)(H3,23,25,26)(H,37,38,39)/b31-16-. The molecule has 1 saturated carbocycles. The molecule has 3 heterocycles. The first-order valence-corrected chi connectivity index (χ1v) is 14.7. The zero-order valence-electron chi connectivity index (χ0n) is 22.1. The molecule has 2 fully saturated rings. The van der Waals surface area contributed by atoms with Crippen LogP contribution in [0.25, 0.3) is 0 Å². The van der Waals surface area contributed by atoms with Crippen molar-refractivity contribution in [2.24, 2.45) is 10.9 Å². The number of carboxylic acid groups (broad SMARTS) is 1. The van der Waals surface area contributed by atoms with Crippen molar-refractivity contribution in [2.75, 3.05) is 18.8 Å². The minimum absolute atomic E-state index is 0.0123. The van der Waals surface area contributed by atoms with E-state index in [2.05, 4.69) is 42.9 Å². The number of hydrogen-bond acceptors (Lipinski definition) is 13. The van der Waals surface area contributed by atoms with Crippen molar-refractivity contribution in [1.29, 1.82) is 5.41 Å². The summed E-state index contributed by atoms with van der Waals surface area (Å²) >= 11 is 1.01. The average Bonchev–Trinajstić information content (AvgIpc) is 3.38. The van der Waals surface area contributed by atoms with Crippen molar-refractivity contribution < 1.29 is 32.5 Å². The Labute approximate surface area is 243 Å². The van der Waals surface area contributed by atoms with E-state index >= 15 is 0 Å². The normalized spacial score (nSPS) is 19.5. The highest BCUT2D eigenvalue weighted by Crippen LogP contribution is 2.40. The van der Waals surface area contributed by atoms with Crippen LogP contribution in [0.4, 0.5) is 5.13 Å². The van der Waals surface area contributed by atoms with Crippen LogP contribution in [0.15, 0.2) is 29.0 Å². The maximum Gasteiger partial charge on any atom is 0.360 e. The molecule has 4 rings (SSSR count). The van der Waals surface area contributed by atoms with E-state index in [-0.39, 0.29) is 54.1 Å². The van der Waals surface area contributed by atoms with Crippen molar-refractivity contribution in [3.05, 3.63) is 35.2 Å². The number of nitrogens with one attached hydrogen (secondary N) is 4. The third kappa shape index (κ3) is 6.92. The Morgan fingerprint density at radius 1 is 1.36 bits per heavy atom. The lowest BCUT2D eigenvalue weighted by molar-refractivity contribution is -0.153. The van der Waals surface area contributed by atoms with Crippen LogP contribution in [0.5, 0.6) is 0 Å². The third-order valence-electron chi connectivity index (χ3n) is 6.31. The molecular formula is C21H30N12O7S2. The summed E-state index contributed by atoms with van der Waals surface area (Å²) < 4.78 is 34.5. The Kier molecular flexibility index (Phi) is 8.94. The summed E-state index contributed by atoms with van der Waals surface area (Å²) in [5.41, 5.74) is 9.48. The van der Waals surface area contributed by atoms with Gasteiger partial charge in [-0.05, 0) is 13.0 Å². The first kappa shape index (κ1) is 30.6. The second-order valence-electron chi connectivity index (χ2n) is 9.37. The summed E-state index contributed by atoms with van der Waals surface area (Å²) in [5.74, 6) is -2.06. The summed E-state index contributed by atoms with van der Waals surface area (Å²) in [7, 11) is -4.77. The van der Waals surface area contributed by atoms with E-state index in [1.54, 1.807) is 0 Å². The molecule has 1 aliphatic heterocycles. The number of nitrogens with zero attached hydrogens (tertiary/aromatic N) is 6. The highest BCUT2D eigenvalue weighted by Gasteiger charge is 2.55. The van der Waals surface area contributed by atoms with Gasteiger partial charge in [-0.2, -0.15) is 23.4 Å². The van der Waals surface area contributed by atoms with E-state index in [0.29, 0.717) is 29.5 Å². The number of aliphatic carboxylic acids is 1. The Morgan fingerprint density at radius 2 is 2.10 bits per heavy atom. The molecule has 0 bridgehead atoms. The highest BCUT2D eigenvalue weighted by atomic mass is 32.2. The number of nitrogens with two attached hydrogens (primary N) is 2. The molecule has 2 aliphatic rings.